The molecule has 2 aromatic carbocycles. The highest BCUT2D eigenvalue weighted by Gasteiger charge is 2.33. The number of benzene rings is 2. The second-order valence-corrected chi connectivity index (χ2v) is 4.47. The Morgan fingerprint density at radius 1 is 0.882 bits per heavy atom. The van der Waals surface area contributed by atoms with E-state index in [2.05, 4.69) is 15.9 Å². The number of hydrogen-bond acceptors (Lipinski definition) is 0. The van der Waals surface area contributed by atoms with Gasteiger partial charge in [-0.1, -0.05) is 52.3 Å². The largest absolute Gasteiger partial charge is 0.417 e. The van der Waals surface area contributed by atoms with Gasteiger partial charge in [-0.25, -0.2) is 0 Å². The summed E-state index contributed by atoms with van der Waals surface area (Å²) >= 11 is 3.06. The molecule has 0 aliphatic carbocycles. The van der Waals surface area contributed by atoms with Gasteiger partial charge in [0, 0.05) is 4.47 Å². The van der Waals surface area contributed by atoms with Crippen molar-refractivity contribution in [2.75, 3.05) is 0 Å². The van der Waals surface area contributed by atoms with E-state index in [4.69, 9.17) is 0 Å². The van der Waals surface area contributed by atoms with E-state index < -0.39 is 11.7 Å². The van der Waals surface area contributed by atoms with Crippen LogP contribution < -0.4 is 0 Å². The van der Waals surface area contributed by atoms with Crippen LogP contribution in [-0.2, 0) is 6.18 Å². The molecule has 0 fully saturated rings. The molecule has 0 amide bonds. The summed E-state index contributed by atoms with van der Waals surface area (Å²) in [6.07, 6.45) is -4.35. The predicted molar refractivity (Wildman–Crippen MR) is 64.6 cm³/mol. The monoisotopic (exact) mass is 300 g/mol. The van der Waals surface area contributed by atoms with E-state index in [0.29, 0.717) is 10.0 Å². The van der Waals surface area contributed by atoms with Gasteiger partial charge >= 0.3 is 6.18 Å². The topological polar surface area (TPSA) is 0 Å². The van der Waals surface area contributed by atoms with Crippen molar-refractivity contribution in [3.63, 3.8) is 0 Å². The van der Waals surface area contributed by atoms with Crippen LogP contribution in [0.1, 0.15) is 5.56 Å². The Labute approximate surface area is 105 Å². The van der Waals surface area contributed by atoms with Gasteiger partial charge in [-0.05, 0) is 23.3 Å². The SMILES string of the molecule is FC(F)(F)c1cc(Br)ccc1-c1ccccc1. The van der Waals surface area contributed by atoms with E-state index in [1.807, 2.05) is 0 Å². The third-order valence-electron chi connectivity index (χ3n) is 2.37. The van der Waals surface area contributed by atoms with Gasteiger partial charge in [0.1, 0.15) is 0 Å². The zero-order valence-electron chi connectivity index (χ0n) is 8.63. The number of halogens is 4. The Bertz CT molecular complexity index is 518. The number of rotatable bonds is 1. The van der Waals surface area contributed by atoms with Gasteiger partial charge in [0.2, 0.25) is 0 Å². The predicted octanol–water partition coefficient (Wildman–Crippen LogP) is 5.13. The molecule has 2 rings (SSSR count). The summed E-state index contributed by atoms with van der Waals surface area (Å²) in [4.78, 5) is 0. The minimum Gasteiger partial charge on any atom is -0.166 e. The molecule has 0 heterocycles. The van der Waals surface area contributed by atoms with Crippen molar-refractivity contribution in [2.45, 2.75) is 6.18 Å². The molecule has 4 heteroatoms. The number of alkyl halides is 3. The van der Waals surface area contributed by atoms with Gasteiger partial charge in [-0.15, -0.1) is 0 Å². The number of hydrogen-bond donors (Lipinski definition) is 0. The van der Waals surface area contributed by atoms with E-state index in [9.17, 15) is 13.2 Å². The third-order valence-corrected chi connectivity index (χ3v) is 2.87. The van der Waals surface area contributed by atoms with Gasteiger partial charge in [0.15, 0.2) is 0 Å². The molecule has 0 nitrogen and oxygen atoms in total. The summed E-state index contributed by atoms with van der Waals surface area (Å²) in [6.45, 7) is 0. The fraction of sp³-hybridized carbons (Fsp3) is 0.0769. The minimum atomic E-state index is -4.35. The van der Waals surface area contributed by atoms with Gasteiger partial charge in [-0.2, -0.15) is 13.2 Å². The maximum Gasteiger partial charge on any atom is 0.417 e. The second-order valence-electron chi connectivity index (χ2n) is 3.55. The van der Waals surface area contributed by atoms with Crippen LogP contribution in [-0.4, -0.2) is 0 Å². The van der Waals surface area contributed by atoms with Crippen LogP contribution in [0.25, 0.3) is 11.1 Å². The van der Waals surface area contributed by atoms with E-state index in [0.717, 1.165) is 6.07 Å². The molecule has 0 aliphatic rings. The lowest BCUT2D eigenvalue weighted by Gasteiger charge is -2.13. The highest BCUT2D eigenvalue weighted by molar-refractivity contribution is 9.10. The molecule has 0 saturated carbocycles. The van der Waals surface area contributed by atoms with Crippen LogP contribution in [0.5, 0.6) is 0 Å². The zero-order chi connectivity index (χ0) is 12.5. The van der Waals surface area contributed by atoms with E-state index in [-0.39, 0.29) is 5.56 Å². The van der Waals surface area contributed by atoms with Crippen LogP contribution in [0.3, 0.4) is 0 Å². The fourth-order valence-electron chi connectivity index (χ4n) is 1.62. The molecule has 0 bridgehead atoms. The smallest absolute Gasteiger partial charge is 0.166 e. The zero-order valence-corrected chi connectivity index (χ0v) is 10.2. The van der Waals surface area contributed by atoms with Crippen molar-refractivity contribution in [3.05, 3.63) is 58.6 Å². The van der Waals surface area contributed by atoms with Crippen molar-refractivity contribution in [1.82, 2.24) is 0 Å². The van der Waals surface area contributed by atoms with Crippen LogP contribution in [0.15, 0.2) is 53.0 Å². The molecule has 0 saturated heterocycles. The van der Waals surface area contributed by atoms with E-state index in [1.54, 1.807) is 36.4 Å². The summed E-state index contributed by atoms with van der Waals surface area (Å²) in [5, 5.41) is 0. The van der Waals surface area contributed by atoms with Crippen LogP contribution >= 0.6 is 15.9 Å². The summed E-state index contributed by atoms with van der Waals surface area (Å²) in [5.41, 5.74) is 0.131. The molecule has 17 heavy (non-hydrogen) atoms. The lowest BCUT2D eigenvalue weighted by molar-refractivity contribution is -0.137. The molecule has 0 radical (unpaired) electrons. The Hall–Kier alpha value is -1.29. The van der Waals surface area contributed by atoms with Crippen LogP contribution in [0.4, 0.5) is 13.2 Å². The van der Waals surface area contributed by atoms with Gasteiger partial charge in [0.05, 0.1) is 5.56 Å². The molecule has 0 unspecified atom stereocenters. The lowest BCUT2D eigenvalue weighted by Crippen LogP contribution is -2.07. The highest BCUT2D eigenvalue weighted by atomic mass is 79.9. The summed E-state index contributed by atoms with van der Waals surface area (Å²) in [7, 11) is 0. The molecule has 0 atom stereocenters. The van der Waals surface area contributed by atoms with Crippen molar-refractivity contribution in [3.8, 4) is 11.1 Å². The Balaban J connectivity index is 2.63. The van der Waals surface area contributed by atoms with E-state index >= 15 is 0 Å². The summed E-state index contributed by atoms with van der Waals surface area (Å²) in [6, 6.07) is 12.7. The van der Waals surface area contributed by atoms with E-state index in [1.165, 1.54) is 6.07 Å². The molecule has 0 spiro atoms. The maximum atomic E-state index is 12.9. The average Bonchev–Trinajstić information content (AvgIpc) is 2.29. The minimum absolute atomic E-state index is 0.196. The maximum absolute atomic E-state index is 12.9. The molecule has 0 aromatic heterocycles. The first-order chi connectivity index (χ1) is 7.98. The first-order valence-electron chi connectivity index (χ1n) is 4.90. The first-order valence-corrected chi connectivity index (χ1v) is 5.70. The molecular formula is C13H8BrF3. The molecule has 2 aromatic rings. The van der Waals surface area contributed by atoms with Crippen molar-refractivity contribution >= 4 is 15.9 Å². The van der Waals surface area contributed by atoms with Crippen LogP contribution in [0, 0.1) is 0 Å². The van der Waals surface area contributed by atoms with Gasteiger partial charge in [0.25, 0.3) is 0 Å². The standard InChI is InChI=1S/C13H8BrF3/c14-10-6-7-11(9-4-2-1-3-5-9)12(8-10)13(15,16)17/h1-8H. The van der Waals surface area contributed by atoms with Crippen molar-refractivity contribution < 1.29 is 13.2 Å². The Morgan fingerprint density at radius 2 is 1.53 bits per heavy atom. The van der Waals surface area contributed by atoms with Crippen molar-refractivity contribution in [1.29, 1.82) is 0 Å². The van der Waals surface area contributed by atoms with Gasteiger partial charge in [-0.3, -0.25) is 0 Å². The molecular weight excluding hydrogens is 293 g/mol. The highest BCUT2D eigenvalue weighted by Crippen LogP contribution is 2.38. The normalized spacial score (nSPS) is 11.5. The van der Waals surface area contributed by atoms with Crippen LogP contribution in [0.2, 0.25) is 0 Å². The molecule has 88 valence electrons. The molecule has 0 N–H and O–H groups in total. The van der Waals surface area contributed by atoms with Gasteiger partial charge < -0.3 is 0 Å². The second kappa shape index (κ2) is 4.53. The van der Waals surface area contributed by atoms with Crippen molar-refractivity contribution in [2.24, 2.45) is 0 Å². The Morgan fingerprint density at radius 3 is 2.12 bits per heavy atom. The Kier molecular flexibility index (Phi) is 3.24. The first kappa shape index (κ1) is 12.2. The lowest BCUT2D eigenvalue weighted by atomic mass is 9.99. The fourth-order valence-corrected chi connectivity index (χ4v) is 1.98. The quantitative estimate of drug-likeness (QED) is 0.684. The molecule has 0 aliphatic heterocycles. The summed E-state index contributed by atoms with van der Waals surface area (Å²) < 4.78 is 39.1. The summed E-state index contributed by atoms with van der Waals surface area (Å²) in [5.74, 6) is 0. The third kappa shape index (κ3) is 2.69. The average molecular weight is 301 g/mol.